The predicted molar refractivity (Wildman–Crippen MR) is 118 cm³/mol. The molecule has 1 aliphatic heterocycles. The molecule has 33 heavy (non-hydrogen) atoms. The summed E-state index contributed by atoms with van der Waals surface area (Å²) in [7, 11) is 0. The highest BCUT2D eigenvalue weighted by Gasteiger charge is 2.37. The van der Waals surface area contributed by atoms with E-state index in [-0.39, 0.29) is 23.4 Å². The van der Waals surface area contributed by atoms with Gasteiger partial charge in [-0.1, -0.05) is 6.07 Å². The smallest absolute Gasteiger partial charge is 0.249 e. The van der Waals surface area contributed by atoms with Gasteiger partial charge in [0.05, 0.1) is 24.3 Å². The molecule has 0 spiro atoms. The molecule has 1 aliphatic carbocycles. The van der Waals surface area contributed by atoms with Gasteiger partial charge in [-0.3, -0.25) is 9.63 Å². The molecule has 170 valence electrons. The fourth-order valence-electron chi connectivity index (χ4n) is 5.26. The number of aryl methyl sites for hydroxylation is 1. The molecule has 5 rings (SSSR count). The van der Waals surface area contributed by atoms with Gasteiger partial charge < -0.3 is 0 Å². The van der Waals surface area contributed by atoms with Crippen molar-refractivity contribution in [3.05, 3.63) is 64.9 Å². The Morgan fingerprint density at radius 1 is 1.21 bits per heavy atom. The second kappa shape index (κ2) is 8.91. The summed E-state index contributed by atoms with van der Waals surface area (Å²) in [5, 5.41) is 14.9. The first kappa shape index (κ1) is 21.5. The molecular weight excluding hydrogens is 421 g/mol. The highest BCUT2D eigenvalue weighted by molar-refractivity contribution is 5.78. The maximum Gasteiger partial charge on any atom is 0.249 e. The van der Waals surface area contributed by atoms with Crippen LogP contribution in [0, 0.1) is 35.9 Å². The number of fused-ring (bicyclic) bond motifs is 1. The zero-order chi connectivity index (χ0) is 22.9. The van der Waals surface area contributed by atoms with Crippen LogP contribution >= 0.6 is 0 Å². The summed E-state index contributed by atoms with van der Waals surface area (Å²) in [5.41, 5.74) is 4.10. The largest absolute Gasteiger partial charge is 0.272 e. The lowest BCUT2D eigenvalue weighted by atomic mass is 9.79. The van der Waals surface area contributed by atoms with Gasteiger partial charge in [0.15, 0.2) is 5.65 Å². The lowest BCUT2D eigenvalue weighted by Gasteiger charge is -2.32. The van der Waals surface area contributed by atoms with Crippen molar-refractivity contribution in [2.75, 3.05) is 6.61 Å². The molecule has 0 unspecified atom stereocenters. The maximum atomic E-state index is 14.0. The van der Waals surface area contributed by atoms with Gasteiger partial charge in [0.1, 0.15) is 12.1 Å². The van der Waals surface area contributed by atoms with Gasteiger partial charge in [0.2, 0.25) is 5.91 Å². The third-order valence-electron chi connectivity index (χ3n) is 6.89. The number of carbonyl (C=O) groups is 1. The van der Waals surface area contributed by atoms with Crippen molar-refractivity contribution in [3.8, 4) is 6.07 Å². The molecule has 8 heteroatoms. The minimum Gasteiger partial charge on any atom is -0.272 e. The summed E-state index contributed by atoms with van der Waals surface area (Å²) >= 11 is 0. The van der Waals surface area contributed by atoms with Crippen LogP contribution in [0.5, 0.6) is 0 Å². The summed E-state index contributed by atoms with van der Waals surface area (Å²) < 4.78 is 15.8. The first-order valence-electron chi connectivity index (χ1n) is 11.5. The summed E-state index contributed by atoms with van der Waals surface area (Å²) in [6, 6.07) is 8.05. The molecule has 3 aromatic rings. The van der Waals surface area contributed by atoms with Gasteiger partial charge in [0.25, 0.3) is 0 Å². The summed E-state index contributed by atoms with van der Waals surface area (Å²) in [4.78, 5) is 23.2. The third-order valence-corrected chi connectivity index (χ3v) is 6.89. The normalized spacial score (nSPS) is 23.1. The van der Waals surface area contributed by atoms with Crippen LogP contribution in [0.25, 0.3) is 5.65 Å². The van der Waals surface area contributed by atoms with Crippen molar-refractivity contribution >= 4 is 11.6 Å². The summed E-state index contributed by atoms with van der Waals surface area (Å²) in [5.74, 6) is -0.0710. The quantitative estimate of drug-likeness (QED) is 0.595. The maximum absolute atomic E-state index is 14.0. The van der Waals surface area contributed by atoms with Crippen molar-refractivity contribution in [2.24, 2.45) is 11.8 Å². The van der Waals surface area contributed by atoms with E-state index in [9.17, 15) is 9.18 Å². The molecule has 1 aromatic carbocycles. The molecule has 7 nitrogen and oxygen atoms in total. The lowest BCUT2D eigenvalue weighted by molar-refractivity contribution is -0.183. The number of nitrogens with zero attached hydrogens (tertiary/aromatic N) is 5. The second-order valence-corrected chi connectivity index (χ2v) is 9.17. The van der Waals surface area contributed by atoms with Crippen LogP contribution in [0.1, 0.15) is 60.4 Å². The Labute approximate surface area is 191 Å². The van der Waals surface area contributed by atoms with Crippen LogP contribution in [0.15, 0.2) is 36.8 Å². The molecule has 3 heterocycles. The molecule has 0 radical (unpaired) electrons. The van der Waals surface area contributed by atoms with E-state index < -0.39 is 5.82 Å². The van der Waals surface area contributed by atoms with Gasteiger partial charge in [-0.05, 0) is 79.8 Å². The number of hydrogen-bond acceptors (Lipinski definition) is 5. The molecule has 2 fully saturated rings. The van der Waals surface area contributed by atoms with Crippen LogP contribution in [0.3, 0.4) is 0 Å². The van der Waals surface area contributed by atoms with Gasteiger partial charge in [0, 0.05) is 18.5 Å². The second-order valence-electron chi connectivity index (χ2n) is 9.17. The highest BCUT2D eigenvalue weighted by atomic mass is 19.1. The molecule has 2 aliphatic rings. The Morgan fingerprint density at radius 3 is 2.82 bits per heavy atom. The topological polar surface area (TPSA) is 83.5 Å². The summed E-state index contributed by atoms with van der Waals surface area (Å²) in [6.45, 7) is 2.46. The van der Waals surface area contributed by atoms with Crippen molar-refractivity contribution in [2.45, 2.75) is 51.5 Å². The van der Waals surface area contributed by atoms with E-state index in [2.05, 4.69) is 16.1 Å². The molecule has 0 bridgehead atoms. The number of benzene rings is 1. The minimum atomic E-state index is -0.469. The van der Waals surface area contributed by atoms with E-state index in [1.807, 2.05) is 23.7 Å². The Morgan fingerprint density at radius 2 is 2.03 bits per heavy atom. The van der Waals surface area contributed by atoms with E-state index >= 15 is 0 Å². The first-order valence-corrected chi connectivity index (χ1v) is 11.5. The zero-order valence-corrected chi connectivity index (χ0v) is 18.6. The van der Waals surface area contributed by atoms with Crippen molar-refractivity contribution in [1.29, 1.82) is 5.26 Å². The van der Waals surface area contributed by atoms with Crippen LogP contribution in [-0.2, 0) is 16.1 Å². The molecular formula is C25H26FN5O2. The van der Waals surface area contributed by atoms with E-state index in [1.54, 1.807) is 12.4 Å². The number of amides is 1. The number of halogens is 1. The minimum absolute atomic E-state index is 0.0291. The van der Waals surface area contributed by atoms with Gasteiger partial charge in [-0.15, -0.1) is 0 Å². The molecule has 1 saturated carbocycles. The van der Waals surface area contributed by atoms with E-state index in [1.165, 1.54) is 22.8 Å². The van der Waals surface area contributed by atoms with Crippen LogP contribution in [0.4, 0.5) is 4.39 Å². The number of pyridine rings is 1. The van der Waals surface area contributed by atoms with Crippen molar-refractivity contribution < 1.29 is 14.0 Å². The number of hydrogen-bond donors (Lipinski definition) is 0. The lowest BCUT2D eigenvalue weighted by Crippen LogP contribution is -2.36. The Bertz CT molecular complexity index is 1230. The first-order chi connectivity index (χ1) is 16.0. The van der Waals surface area contributed by atoms with Crippen molar-refractivity contribution in [3.63, 3.8) is 0 Å². The van der Waals surface area contributed by atoms with Gasteiger partial charge >= 0.3 is 0 Å². The molecule has 0 N–H and O–H groups in total. The number of carbonyl (C=O) groups excluding carboxylic acids is 1. The fraction of sp³-hybridized carbons (Fsp3) is 0.440. The van der Waals surface area contributed by atoms with Crippen molar-refractivity contribution in [1.82, 2.24) is 19.7 Å². The predicted octanol–water partition coefficient (Wildman–Crippen LogP) is 4.30. The molecule has 1 amide bonds. The SMILES string of the molecule is Cc1cc(CC2CCC(C(=O)N3OCC[C@H]3c3cc(F)cc(C#N)c3)CC2)cn2ncnc12. The molecule has 1 atom stereocenters. The third kappa shape index (κ3) is 4.33. The Hall–Kier alpha value is -3.31. The van der Waals surface area contributed by atoms with Crippen LogP contribution in [-0.4, -0.2) is 32.2 Å². The highest BCUT2D eigenvalue weighted by Crippen LogP contribution is 2.37. The average Bonchev–Trinajstić information content (AvgIpc) is 3.49. The standard InChI is InChI=1S/C25H26FN5O2/c1-16-8-19(14-30-24(16)28-15-29-30)9-17-2-4-20(5-3-17)25(32)31-23(6-7-33-31)21-10-18(13-27)11-22(26)12-21/h8,10-12,14-15,17,20,23H,2-7,9H2,1H3/t17?,20?,23-/m0/s1. The van der Waals surface area contributed by atoms with E-state index in [4.69, 9.17) is 10.1 Å². The number of nitriles is 1. The van der Waals surface area contributed by atoms with Gasteiger partial charge in [-0.25, -0.2) is 19.0 Å². The molecule has 1 saturated heterocycles. The number of rotatable bonds is 4. The number of hydroxylamine groups is 2. The van der Waals surface area contributed by atoms with Gasteiger partial charge in [-0.2, -0.15) is 10.4 Å². The average molecular weight is 448 g/mol. The van der Waals surface area contributed by atoms with E-state index in [0.29, 0.717) is 24.5 Å². The van der Waals surface area contributed by atoms with E-state index in [0.717, 1.165) is 43.3 Å². The Kier molecular flexibility index (Phi) is 5.81. The van der Waals surface area contributed by atoms with Crippen LogP contribution < -0.4 is 0 Å². The van der Waals surface area contributed by atoms with Crippen LogP contribution in [0.2, 0.25) is 0 Å². The number of aromatic nitrogens is 3. The Balaban J connectivity index is 1.23. The monoisotopic (exact) mass is 447 g/mol. The summed E-state index contributed by atoms with van der Waals surface area (Å²) in [6.07, 6.45) is 8.75. The fourth-order valence-corrected chi connectivity index (χ4v) is 5.26. The zero-order valence-electron chi connectivity index (χ0n) is 18.6. The molecule has 2 aromatic heterocycles.